The van der Waals surface area contributed by atoms with Gasteiger partial charge in [-0.3, -0.25) is 5.32 Å². The van der Waals surface area contributed by atoms with Crippen LogP contribution in [0.2, 0.25) is 0 Å². The van der Waals surface area contributed by atoms with Crippen molar-refractivity contribution < 1.29 is 17.9 Å². The molecule has 2 heterocycles. The highest BCUT2D eigenvalue weighted by molar-refractivity contribution is 7.90. The Bertz CT molecular complexity index is 705. The maximum absolute atomic E-state index is 12.3. The van der Waals surface area contributed by atoms with Gasteiger partial charge in [-0.05, 0) is 30.9 Å². The number of urea groups is 1. The summed E-state index contributed by atoms with van der Waals surface area (Å²) in [5.41, 5.74) is 2.31. The third kappa shape index (κ3) is 4.20. The molecule has 0 saturated carbocycles. The number of carbonyl (C=O) groups is 1. The maximum atomic E-state index is 12.3. The van der Waals surface area contributed by atoms with Gasteiger partial charge in [-0.1, -0.05) is 6.07 Å². The van der Waals surface area contributed by atoms with E-state index in [1.165, 1.54) is 11.8 Å². The summed E-state index contributed by atoms with van der Waals surface area (Å²) in [5.74, 6) is 0.468. The van der Waals surface area contributed by atoms with E-state index in [1.807, 2.05) is 12.1 Å². The van der Waals surface area contributed by atoms with E-state index in [0.717, 1.165) is 25.0 Å². The Kier molecular flexibility index (Phi) is 4.54. The van der Waals surface area contributed by atoms with Gasteiger partial charge in [0.25, 0.3) is 0 Å². The SMILES string of the molecule is CS(=O)(=O)CC1CN(C(=O)Nc2ccc3c(n2)CCC3)CCO1. The van der Waals surface area contributed by atoms with Crippen molar-refractivity contribution in [2.24, 2.45) is 0 Å². The lowest BCUT2D eigenvalue weighted by Gasteiger charge is -2.32. The van der Waals surface area contributed by atoms with E-state index in [9.17, 15) is 13.2 Å². The number of hydrogen-bond acceptors (Lipinski definition) is 5. The second kappa shape index (κ2) is 6.45. The summed E-state index contributed by atoms with van der Waals surface area (Å²) in [4.78, 5) is 18.4. The molecule has 1 saturated heterocycles. The molecule has 3 rings (SSSR count). The van der Waals surface area contributed by atoms with Gasteiger partial charge >= 0.3 is 6.03 Å². The molecule has 2 aliphatic rings. The fourth-order valence-electron chi connectivity index (χ4n) is 3.02. The standard InChI is InChI=1S/C15H21N3O4S/c1-23(20,21)10-12-9-18(7-8-22-12)15(19)17-14-6-5-11-3-2-4-13(11)16-14/h5-6,12H,2-4,7-10H2,1H3,(H,16,17,19). The van der Waals surface area contributed by atoms with Crippen LogP contribution in [0.5, 0.6) is 0 Å². The summed E-state index contributed by atoms with van der Waals surface area (Å²) < 4.78 is 28.2. The van der Waals surface area contributed by atoms with Crippen molar-refractivity contribution in [2.45, 2.75) is 25.4 Å². The van der Waals surface area contributed by atoms with Crippen LogP contribution in [0, 0.1) is 0 Å². The number of pyridine rings is 1. The number of nitrogens with zero attached hydrogens (tertiary/aromatic N) is 2. The summed E-state index contributed by atoms with van der Waals surface area (Å²) in [6, 6.07) is 3.56. The first-order chi connectivity index (χ1) is 10.9. The van der Waals surface area contributed by atoms with E-state index in [0.29, 0.717) is 19.0 Å². The van der Waals surface area contributed by atoms with Crippen molar-refractivity contribution in [1.29, 1.82) is 0 Å². The lowest BCUT2D eigenvalue weighted by molar-refractivity contribution is 0.000446. The second-order valence-electron chi connectivity index (χ2n) is 6.12. The van der Waals surface area contributed by atoms with Crippen molar-refractivity contribution in [3.8, 4) is 0 Å². The molecular weight excluding hydrogens is 318 g/mol. The molecule has 1 aliphatic heterocycles. The summed E-state index contributed by atoms with van der Waals surface area (Å²) >= 11 is 0. The number of amides is 2. The van der Waals surface area contributed by atoms with Gasteiger partial charge < -0.3 is 9.64 Å². The van der Waals surface area contributed by atoms with Crippen LogP contribution in [0.1, 0.15) is 17.7 Å². The zero-order valence-corrected chi connectivity index (χ0v) is 13.9. The molecule has 1 unspecified atom stereocenters. The molecule has 8 heteroatoms. The first-order valence-corrected chi connectivity index (χ1v) is 9.81. The Hall–Kier alpha value is -1.67. The number of nitrogens with one attached hydrogen (secondary N) is 1. The fraction of sp³-hybridized carbons (Fsp3) is 0.600. The van der Waals surface area contributed by atoms with Crippen molar-refractivity contribution in [3.63, 3.8) is 0 Å². The number of ether oxygens (including phenoxy) is 1. The summed E-state index contributed by atoms with van der Waals surface area (Å²) in [7, 11) is -3.13. The Labute approximate surface area is 135 Å². The third-order valence-corrected chi connectivity index (χ3v) is 5.06. The predicted octanol–water partition coefficient (Wildman–Crippen LogP) is 0.848. The molecule has 0 aromatic carbocycles. The molecule has 1 fully saturated rings. The molecule has 1 aliphatic carbocycles. The van der Waals surface area contributed by atoms with Crippen molar-refractivity contribution in [3.05, 3.63) is 23.4 Å². The summed E-state index contributed by atoms with van der Waals surface area (Å²) in [6.45, 7) is 1.05. The van der Waals surface area contributed by atoms with Gasteiger partial charge in [-0.15, -0.1) is 0 Å². The minimum Gasteiger partial charge on any atom is -0.373 e. The van der Waals surface area contributed by atoms with Gasteiger partial charge in [0.05, 0.1) is 18.5 Å². The number of anilines is 1. The average Bonchev–Trinajstić information content (AvgIpc) is 2.93. The second-order valence-corrected chi connectivity index (χ2v) is 8.30. The van der Waals surface area contributed by atoms with E-state index in [1.54, 1.807) is 4.90 Å². The van der Waals surface area contributed by atoms with Gasteiger partial charge in [-0.25, -0.2) is 18.2 Å². The highest BCUT2D eigenvalue weighted by Gasteiger charge is 2.27. The minimum absolute atomic E-state index is 0.0755. The first-order valence-electron chi connectivity index (χ1n) is 7.75. The van der Waals surface area contributed by atoms with Gasteiger partial charge in [0.2, 0.25) is 0 Å². The highest BCUT2D eigenvalue weighted by atomic mass is 32.2. The molecule has 0 bridgehead atoms. The Balaban J connectivity index is 1.61. The van der Waals surface area contributed by atoms with E-state index < -0.39 is 15.9 Å². The monoisotopic (exact) mass is 339 g/mol. The van der Waals surface area contributed by atoms with E-state index in [2.05, 4.69) is 10.3 Å². The first kappa shape index (κ1) is 16.2. The number of rotatable bonds is 3. The number of carbonyl (C=O) groups excluding carboxylic acids is 1. The van der Waals surface area contributed by atoms with Crippen molar-refractivity contribution in [2.75, 3.05) is 37.0 Å². The zero-order valence-electron chi connectivity index (χ0n) is 13.1. The van der Waals surface area contributed by atoms with Crippen LogP contribution < -0.4 is 5.32 Å². The molecule has 2 amide bonds. The molecule has 0 radical (unpaired) electrons. The number of fused-ring (bicyclic) bond motifs is 1. The molecule has 1 aromatic heterocycles. The van der Waals surface area contributed by atoms with E-state index >= 15 is 0 Å². The lowest BCUT2D eigenvalue weighted by atomic mass is 10.2. The smallest absolute Gasteiger partial charge is 0.323 e. The summed E-state index contributed by atoms with van der Waals surface area (Å²) in [5, 5.41) is 2.80. The molecule has 126 valence electrons. The highest BCUT2D eigenvalue weighted by Crippen LogP contribution is 2.21. The normalized spacial score (nSPS) is 21.1. The number of sulfone groups is 1. The number of hydrogen-bond donors (Lipinski definition) is 1. The molecule has 1 atom stereocenters. The Morgan fingerprint density at radius 3 is 3.04 bits per heavy atom. The fourth-order valence-corrected chi connectivity index (χ4v) is 3.90. The van der Waals surface area contributed by atoms with Gasteiger partial charge in [0.1, 0.15) is 15.7 Å². The van der Waals surface area contributed by atoms with Crippen LogP contribution in [0.15, 0.2) is 12.1 Å². The third-order valence-electron chi connectivity index (χ3n) is 4.08. The molecule has 0 spiro atoms. The lowest BCUT2D eigenvalue weighted by Crippen LogP contribution is -2.49. The molecular formula is C15H21N3O4S. The maximum Gasteiger partial charge on any atom is 0.323 e. The topological polar surface area (TPSA) is 88.6 Å². The van der Waals surface area contributed by atoms with E-state index in [-0.39, 0.29) is 18.3 Å². The van der Waals surface area contributed by atoms with Gasteiger partial charge in [-0.2, -0.15) is 0 Å². The van der Waals surface area contributed by atoms with Crippen LogP contribution in [-0.4, -0.2) is 62.1 Å². The number of morpholine rings is 1. The predicted molar refractivity (Wildman–Crippen MR) is 86.3 cm³/mol. The largest absolute Gasteiger partial charge is 0.373 e. The molecule has 7 nitrogen and oxygen atoms in total. The Morgan fingerprint density at radius 2 is 2.26 bits per heavy atom. The zero-order chi connectivity index (χ0) is 16.4. The summed E-state index contributed by atoms with van der Waals surface area (Å²) in [6.07, 6.45) is 3.80. The average molecular weight is 339 g/mol. The van der Waals surface area contributed by atoms with E-state index in [4.69, 9.17) is 4.74 Å². The van der Waals surface area contributed by atoms with Crippen molar-refractivity contribution in [1.82, 2.24) is 9.88 Å². The van der Waals surface area contributed by atoms with Crippen LogP contribution in [-0.2, 0) is 27.4 Å². The molecule has 23 heavy (non-hydrogen) atoms. The quantitative estimate of drug-likeness (QED) is 0.882. The van der Waals surface area contributed by atoms with Crippen molar-refractivity contribution >= 4 is 21.7 Å². The number of aryl methyl sites for hydroxylation is 2. The van der Waals surface area contributed by atoms with Crippen LogP contribution in [0.25, 0.3) is 0 Å². The van der Waals surface area contributed by atoms with Crippen LogP contribution in [0.4, 0.5) is 10.6 Å². The Morgan fingerprint density at radius 1 is 1.43 bits per heavy atom. The number of aromatic nitrogens is 1. The van der Waals surface area contributed by atoms with Gasteiger partial charge in [0.15, 0.2) is 0 Å². The minimum atomic E-state index is -3.13. The van der Waals surface area contributed by atoms with Crippen LogP contribution in [0.3, 0.4) is 0 Å². The van der Waals surface area contributed by atoms with Crippen LogP contribution >= 0.6 is 0 Å². The van der Waals surface area contributed by atoms with Gasteiger partial charge in [0, 0.05) is 25.0 Å². The molecule has 1 N–H and O–H groups in total. The molecule has 1 aromatic rings.